The van der Waals surface area contributed by atoms with Crippen molar-refractivity contribution >= 4 is 11.9 Å². The van der Waals surface area contributed by atoms with E-state index in [-0.39, 0.29) is 18.9 Å². The molecule has 0 aliphatic carbocycles. The molecule has 1 saturated heterocycles. The maximum absolute atomic E-state index is 12.1. The molecule has 0 saturated carbocycles. The van der Waals surface area contributed by atoms with Crippen molar-refractivity contribution in [1.29, 1.82) is 0 Å². The van der Waals surface area contributed by atoms with Gasteiger partial charge in [-0.3, -0.25) is 9.59 Å². The number of aliphatic carboxylic acids is 1. The lowest BCUT2D eigenvalue weighted by Crippen LogP contribution is -2.26. The summed E-state index contributed by atoms with van der Waals surface area (Å²) in [6.07, 6.45) is 0.0576. The van der Waals surface area contributed by atoms with Gasteiger partial charge in [0.15, 0.2) is 0 Å². The summed E-state index contributed by atoms with van der Waals surface area (Å²) in [7, 11) is 0. The van der Waals surface area contributed by atoms with Crippen molar-refractivity contribution < 1.29 is 24.2 Å². The van der Waals surface area contributed by atoms with Crippen molar-refractivity contribution in [3.05, 3.63) is 59.2 Å². The van der Waals surface area contributed by atoms with Gasteiger partial charge in [-0.05, 0) is 43.2 Å². The van der Waals surface area contributed by atoms with E-state index in [1.807, 2.05) is 50.2 Å². The minimum absolute atomic E-state index is 0.0576. The Morgan fingerprint density at radius 1 is 1.11 bits per heavy atom. The summed E-state index contributed by atoms with van der Waals surface area (Å²) >= 11 is 0. The molecule has 148 valence electrons. The van der Waals surface area contributed by atoms with Crippen molar-refractivity contribution in [3.63, 3.8) is 0 Å². The highest BCUT2D eigenvalue weighted by molar-refractivity contribution is 5.86. The average Bonchev–Trinajstić information content (AvgIpc) is 3.00. The average molecular weight is 383 g/mol. The van der Waals surface area contributed by atoms with Crippen LogP contribution in [0.2, 0.25) is 0 Å². The second-order valence-corrected chi connectivity index (χ2v) is 7.14. The Morgan fingerprint density at radius 3 is 2.46 bits per heavy atom. The Morgan fingerprint density at radius 2 is 1.79 bits per heavy atom. The number of para-hydroxylation sites is 1. The fraction of sp³-hybridized carbons (Fsp3) is 0.364. The van der Waals surface area contributed by atoms with Gasteiger partial charge in [0, 0.05) is 25.1 Å². The van der Waals surface area contributed by atoms with Gasteiger partial charge in [0.2, 0.25) is 5.91 Å². The van der Waals surface area contributed by atoms with Crippen LogP contribution in [0.25, 0.3) is 0 Å². The molecule has 0 radical (unpaired) electrons. The van der Waals surface area contributed by atoms with Crippen molar-refractivity contribution in [3.8, 4) is 11.5 Å². The molecule has 1 heterocycles. The molecule has 2 aromatic carbocycles. The Bertz CT molecular complexity index is 844. The predicted molar refractivity (Wildman–Crippen MR) is 105 cm³/mol. The quantitative estimate of drug-likeness (QED) is 0.709. The molecule has 28 heavy (non-hydrogen) atoms. The first-order chi connectivity index (χ1) is 13.4. The number of rotatable bonds is 8. The van der Waals surface area contributed by atoms with Gasteiger partial charge in [-0.2, -0.15) is 0 Å². The Labute approximate surface area is 164 Å². The summed E-state index contributed by atoms with van der Waals surface area (Å²) in [4.78, 5) is 24.8. The molecular formula is C22H25NO5. The van der Waals surface area contributed by atoms with Crippen LogP contribution in [0, 0.1) is 19.8 Å². The van der Waals surface area contributed by atoms with Crippen LogP contribution in [0.3, 0.4) is 0 Å². The monoisotopic (exact) mass is 383 g/mol. The molecule has 0 spiro atoms. The molecule has 6 heteroatoms. The Balaban J connectivity index is 1.55. The van der Waals surface area contributed by atoms with Gasteiger partial charge in [-0.25, -0.2) is 0 Å². The van der Waals surface area contributed by atoms with Crippen LogP contribution in [-0.4, -0.2) is 41.6 Å². The first kappa shape index (κ1) is 19.7. The minimum Gasteiger partial charge on any atom is -0.490 e. The molecule has 0 bridgehead atoms. The Kier molecular flexibility index (Phi) is 6.19. The number of hydrogen-bond donors (Lipinski definition) is 1. The topological polar surface area (TPSA) is 76.1 Å². The molecule has 2 aromatic rings. The number of aryl methyl sites for hydroxylation is 2. The second-order valence-electron chi connectivity index (χ2n) is 7.14. The van der Waals surface area contributed by atoms with Crippen molar-refractivity contribution in [2.24, 2.45) is 5.92 Å². The van der Waals surface area contributed by atoms with Gasteiger partial charge in [0.25, 0.3) is 0 Å². The fourth-order valence-electron chi connectivity index (χ4n) is 3.40. The number of nitrogens with zero attached hydrogens (tertiary/aromatic N) is 1. The van der Waals surface area contributed by atoms with E-state index in [1.54, 1.807) is 4.90 Å². The highest BCUT2D eigenvalue weighted by Gasteiger charge is 2.34. The van der Waals surface area contributed by atoms with Crippen LogP contribution in [0.4, 0.5) is 0 Å². The predicted octanol–water partition coefficient (Wildman–Crippen LogP) is 3.19. The van der Waals surface area contributed by atoms with Gasteiger partial charge >= 0.3 is 5.97 Å². The zero-order valence-corrected chi connectivity index (χ0v) is 16.2. The van der Waals surface area contributed by atoms with Gasteiger partial charge in [0.1, 0.15) is 24.7 Å². The van der Waals surface area contributed by atoms with E-state index in [0.29, 0.717) is 25.5 Å². The zero-order chi connectivity index (χ0) is 20.1. The van der Waals surface area contributed by atoms with Gasteiger partial charge in [-0.15, -0.1) is 0 Å². The standard InChI is InChI=1S/C22H25NO5/c1-15-9-16(2)11-19(10-15)27-7-8-28-20-6-4-3-5-17(20)13-23-14-18(22(25)26)12-21(23)24/h3-6,9-11,18H,7-8,12-14H2,1-2H3,(H,25,26). The second kappa shape index (κ2) is 8.78. The van der Waals surface area contributed by atoms with E-state index >= 15 is 0 Å². The maximum Gasteiger partial charge on any atom is 0.308 e. The molecule has 1 atom stereocenters. The van der Waals surface area contributed by atoms with Crippen molar-refractivity contribution in [2.75, 3.05) is 19.8 Å². The van der Waals surface area contributed by atoms with Crippen LogP contribution in [-0.2, 0) is 16.1 Å². The van der Waals surface area contributed by atoms with Gasteiger partial charge in [-0.1, -0.05) is 24.3 Å². The highest BCUT2D eigenvalue weighted by atomic mass is 16.5. The number of carboxylic acid groups (broad SMARTS) is 1. The molecule has 1 aliphatic rings. The number of hydrogen-bond acceptors (Lipinski definition) is 4. The molecule has 1 unspecified atom stereocenters. The normalized spacial score (nSPS) is 16.3. The van der Waals surface area contributed by atoms with Crippen LogP contribution >= 0.6 is 0 Å². The fourth-order valence-corrected chi connectivity index (χ4v) is 3.40. The van der Waals surface area contributed by atoms with Gasteiger partial charge in [0.05, 0.1) is 5.92 Å². The van der Waals surface area contributed by atoms with Crippen molar-refractivity contribution in [1.82, 2.24) is 4.90 Å². The van der Waals surface area contributed by atoms with E-state index in [4.69, 9.17) is 14.6 Å². The maximum atomic E-state index is 12.1. The third-order valence-corrected chi connectivity index (χ3v) is 4.70. The molecular weight excluding hydrogens is 358 g/mol. The lowest BCUT2D eigenvalue weighted by molar-refractivity contribution is -0.141. The van der Waals surface area contributed by atoms with Crippen LogP contribution < -0.4 is 9.47 Å². The zero-order valence-electron chi connectivity index (χ0n) is 16.2. The summed E-state index contributed by atoms with van der Waals surface area (Å²) in [6, 6.07) is 13.5. The van der Waals surface area contributed by atoms with E-state index < -0.39 is 11.9 Å². The summed E-state index contributed by atoms with van der Waals surface area (Å²) in [6.45, 7) is 5.41. The first-order valence-electron chi connectivity index (χ1n) is 9.35. The molecule has 1 aliphatic heterocycles. The smallest absolute Gasteiger partial charge is 0.308 e. The first-order valence-corrected chi connectivity index (χ1v) is 9.35. The van der Waals surface area contributed by atoms with Crippen LogP contribution in [0.15, 0.2) is 42.5 Å². The Hall–Kier alpha value is -3.02. The van der Waals surface area contributed by atoms with E-state index in [2.05, 4.69) is 6.07 Å². The molecule has 1 fully saturated rings. The minimum atomic E-state index is -0.927. The number of benzene rings is 2. The molecule has 1 N–H and O–H groups in total. The van der Waals surface area contributed by atoms with E-state index in [9.17, 15) is 9.59 Å². The number of carboxylic acids is 1. The largest absolute Gasteiger partial charge is 0.490 e. The summed E-state index contributed by atoms with van der Waals surface area (Å²) in [5, 5.41) is 9.12. The lowest BCUT2D eigenvalue weighted by atomic mass is 10.1. The van der Waals surface area contributed by atoms with Crippen molar-refractivity contribution in [2.45, 2.75) is 26.8 Å². The van der Waals surface area contributed by atoms with E-state index in [1.165, 1.54) is 0 Å². The summed E-state index contributed by atoms with van der Waals surface area (Å²) in [5.74, 6) is -0.203. The third kappa shape index (κ3) is 5.03. The third-order valence-electron chi connectivity index (χ3n) is 4.70. The summed E-state index contributed by atoms with van der Waals surface area (Å²) < 4.78 is 11.6. The molecule has 0 aromatic heterocycles. The molecule has 1 amide bonds. The van der Waals surface area contributed by atoms with E-state index in [0.717, 1.165) is 22.4 Å². The SMILES string of the molecule is Cc1cc(C)cc(OCCOc2ccccc2CN2CC(C(=O)O)CC2=O)c1. The van der Waals surface area contributed by atoms with Crippen LogP contribution in [0.5, 0.6) is 11.5 Å². The number of ether oxygens (including phenoxy) is 2. The molecule has 6 nitrogen and oxygen atoms in total. The van der Waals surface area contributed by atoms with Gasteiger partial charge < -0.3 is 19.5 Å². The van der Waals surface area contributed by atoms with Crippen LogP contribution in [0.1, 0.15) is 23.1 Å². The number of amides is 1. The molecule has 3 rings (SSSR count). The summed E-state index contributed by atoms with van der Waals surface area (Å²) in [5.41, 5.74) is 3.15. The number of carbonyl (C=O) groups is 2. The number of carbonyl (C=O) groups excluding carboxylic acids is 1. The lowest BCUT2D eigenvalue weighted by Gasteiger charge is -2.19. The highest BCUT2D eigenvalue weighted by Crippen LogP contribution is 2.25. The number of likely N-dealkylation sites (tertiary alicyclic amines) is 1.